The highest BCUT2D eigenvalue weighted by atomic mass is 32.1. The summed E-state index contributed by atoms with van der Waals surface area (Å²) in [6.07, 6.45) is 0.965. The van der Waals surface area contributed by atoms with E-state index in [2.05, 4.69) is 59.6 Å². The van der Waals surface area contributed by atoms with Gasteiger partial charge in [-0.05, 0) is 55.2 Å². The zero-order valence-electron chi connectivity index (χ0n) is 14.9. The van der Waals surface area contributed by atoms with Crippen LogP contribution in [0.25, 0.3) is 0 Å². The normalized spacial score (nSPS) is 10.3. The van der Waals surface area contributed by atoms with Crippen LogP contribution >= 0.6 is 12.2 Å². The summed E-state index contributed by atoms with van der Waals surface area (Å²) in [5.74, 6) is 0.916. The Bertz CT molecular complexity index is 683. The Balaban J connectivity index is 1.82. The first-order valence-electron chi connectivity index (χ1n) is 8.17. The van der Waals surface area contributed by atoms with Crippen molar-refractivity contribution in [2.75, 3.05) is 20.7 Å². The summed E-state index contributed by atoms with van der Waals surface area (Å²) in [6.45, 7) is 5.74. The Morgan fingerprint density at radius 2 is 1.75 bits per heavy atom. The smallest absolute Gasteiger partial charge is 0.168 e. The maximum Gasteiger partial charge on any atom is 0.168 e. The molecular weight excluding hydrogens is 316 g/mol. The third kappa shape index (κ3) is 5.24. The van der Waals surface area contributed by atoms with Gasteiger partial charge < -0.3 is 15.0 Å². The van der Waals surface area contributed by atoms with E-state index in [9.17, 15) is 0 Å². The minimum Gasteiger partial charge on any atom is -0.496 e. The first kappa shape index (κ1) is 18.3. The highest BCUT2D eigenvalue weighted by molar-refractivity contribution is 7.80. The van der Waals surface area contributed by atoms with E-state index >= 15 is 0 Å². The molecule has 128 valence electrons. The molecule has 24 heavy (non-hydrogen) atoms. The van der Waals surface area contributed by atoms with E-state index in [1.54, 1.807) is 7.11 Å². The summed E-state index contributed by atoms with van der Waals surface area (Å²) in [5.41, 5.74) is 4.93. The van der Waals surface area contributed by atoms with Gasteiger partial charge in [-0.15, -0.1) is 0 Å². The molecule has 2 aromatic carbocycles. The summed E-state index contributed by atoms with van der Waals surface area (Å²) < 4.78 is 5.38. The molecule has 2 rings (SSSR count). The Morgan fingerprint density at radius 3 is 2.42 bits per heavy atom. The molecule has 4 heteroatoms. The molecule has 0 spiro atoms. The van der Waals surface area contributed by atoms with Crippen molar-refractivity contribution in [1.82, 2.24) is 10.2 Å². The zero-order chi connectivity index (χ0) is 17.5. The van der Waals surface area contributed by atoms with Gasteiger partial charge in [0.2, 0.25) is 0 Å². The SMILES string of the molecule is COc1cc(CN(C)C(=S)NCCc2ccc(C)cc2)ccc1C. The summed E-state index contributed by atoms with van der Waals surface area (Å²) in [6, 6.07) is 14.9. The van der Waals surface area contributed by atoms with Gasteiger partial charge in [0.05, 0.1) is 7.11 Å². The molecule has 0 amide bonds. The molecule has 0 radical (unpaired) electrons. The van der Waals surface area contributed by atoms with Crippen molar-refractivity contribution in [1.29, 1.82) is 0 Å². The molecule has 0 bridgehead atoms. The number of hydrogen-bond acceptors (Lipinski definition) is 2. The molecule has 0 saturated carbocycles. The van der Waals surface area contributed by atoms with Gasteiger partial charge in [0.25, 0.3) is 0 Å². The largest absolute Gasteiger partial charge is 0.496 e. The van der Waals surface area contributed by atoms with Gasteiger partial charge in [-0.2, -0.15) is 0 Å². The second-order valence-corrected chi connectivity index (χ2v) is 6.51. The monoisotopic (exact) mass is 342 g/mol. The quantitative estimate of drug-likeness (QED) is 0.806. The fraction of sp³-hybridized carbons (Fsp3) is 0.350. The van der Waals surface area contributed by atoms with E-state index in [0.29, 0.717) is 0 Å². The number of aryl methyl sites for hydroxylation is 2. The van der Waals surface area contributed by atoms with Crippen LogP contribution in [0, 0.1) is 13.8 Å². The molecule has 0 heterocycles. The average Bonchev–Trinajstić information content (AvgIpc) is 2.58. The van der Waals surface area contributed by atoms with E-state index in [4.69, 9.17) is 17.0 Å². The first-order chi connectivity index (χ1) is 11.5. The first-order valence-corrected chi connectivity index (χ1v) is 8.58. The summed E-state index contributed by atoms with van der Waals surface area (Å²) in [7, 11) is 3.71. The minimum absolute atomic E-state index is 0.757. The molecule has 0 unspecified atom stereocenters. The maximum atomic E-state index is 5.48. The lowest BCUT2D eigenvalue weighted by Gasteiger charge is -2.21. The number of rotatable bonds is 6. The molecule has 0 aliphatic heterocycles. The van der Waals surface area contributed by atoms with Crippen LogP contribution in [-0.4, -0.2) is 30.7 Å². The fourth-order valence-electron chi connectivity index (χ4n) is 2.51. The Kier molecular flexibility index (Phi) is 6.62. The van der Waals surface area contributed by atoms with Crippen LogP contribution < -0.4 is 10.1 Å². The van der Waals surface area contributed by atoms with Crippen molar-refractivity contribution < 1.29 is 4.74 Å². The van der Waals surface area contributed by atoms with Crippen molar-refractivity contribution >= 4 is 17.3 Å². The fourth-order valence-corrected chi connectivity index (χ4v) is 2.68. The number of benzene rings is 2. The predicted molar refractivity (Wildman–Crippen MR) is 105 cm³/mol. The van der Waals surface area contributed by atoms with Crippen molar-refractivity contribution in [3.63, 3.8) is 0 Å². The Morgan fingerprint density at radius 1 is 1.08 bits per heavy atom. The molecule has 0 aliphatic carbocycles. The topological polar surface area (TPSA) is 24.5 Å². The highest BCUT2D eigenvalue weighted by Gasteiger charge is 2.07. The summed E-state index contributed by atoms with van der Waals surface area (Å²) >= 11 is 5.48. The lowest BCUT2D eigenvalue weighted by atomic mass is 10.1. The average molecular weight is 343 g/mol. The standard InChI is InChI=1S/C20H26N2OS/c1-15-5-8-17(9-6-15)11-12-21-20(24)22(3)14-18-10-7-16(2)19(13-18)23-4/h5-10,13H,11-12,14H2,1-4H3,(H,21,24). The van der Waals surface area contributed by atoms with Crippen LogP contribution in [0.5, 0.6) is 5.75 Å². The number of hydrogen-bond donors (Lipinski definition) is 1. The Hall–Kier alpha value is -2.07. The lowest BCUT2D eigenvalue weighted by molar-refractivity contribution is 0.409. The molecule has 0 saturated heterocycles. The second kappa shape index (κ2) is 8.69. The van der Waals surface area contributed by atoms with E-state index in [0.717, 1.165) is 35.9 Å². The van der Waals surface area contributed by atoms with Crippen LogP contribution in [0.4, 0.5) is 0 Å². The number of nitrogens with one attached hydrogen (secondary N) is 1. The van der Waals surface area contributed by atoms with Gasteiger partial charge in [0.15, 0.2) is 5.11 Å². The van der Waals surface area contributed by atoms with Gasteiger partial charge in [-0.3, -0.25) is 0 Å². The predicted octanol–water partition coefficient (Wildman–Crippen LogP) is 3.86. The summed E-state index contributed by atoms with van der Waals surface area (Å²) in [4.78, 5) is 2.05. The van der Waals surface area contributed by atoms with Crippen molar-refractivity contribution in [3.8, 4) is 5.75 Å². The van der Waals surface area contributed by atoms with E-state index in [1.807, 2.05) is 14.0 Å². The molecule has 3 nitrogen and oxygen atoms in total. The van der Waals surface area contributed by atoms with Crippen molar-refractivity contribution in [2.24, 2.45) is 0 Å². The van der Waals surface area contributed by atoms with Crippen molar-refractivity contribution in [2.45, 2.75) is 26.8 Å². The minimum atomic E-state index is 0.757. The van der Waals surface area contributed by atoms with E-state index in [-0.39, 0.29) is 0 Å². The molecule has 0 atom stereocenters. The van der Waals surface area contributed by atoms with Crippen LogP contribution in [0.3, 0.4) is 0 Å². The number of ether oxygens (including phenoxy) is 1. The molecule has 0 aliphatic rings. The zero-order valence-corrected chi connectivity index (χ0v) is 15.7. The van der Waals surface area contributed by atoms with E-state index in [1.165, 1.54) is 16.7 Å². The van der Waals surface area contributed by atoms with Gasteiger partial charge in [-0.25, -0.2) is 0 Å². The second-order valence-electron chi connectivity index (χ2n) is 6.13. The molecular formula is C20H26N2OS. The molecule has 0 fully saturated rings. The number of thiocarbonyl (C=S) groups is 1. The highest BCUT2D eigenvalue weighted by Crippen LogP contribution is 2.19. The van der Waals surface area contributed by atoms with Crippen molar-refractivity contribution in [3.05, 3.63) is 64.7 Å². The third-order valence-corrected chi connectivity index (χ3v) is 4.51. The van der Waals surface area contributed by atoms with Crippen LogP contribution in [0.15, 0.2) is 42.5 Å². The van der Waals surface area contributed by atoms with Gasteiger partial charge in [-0.1, -0.05) is 42.0 Å². The Labute approximate surface area is 150 Å². The molecule has 0 aromatic heterocycles. The van der Waals surface area contributed by atoms with Gasteiger partial charge in [0, 0.05) is 20.1 Å². The van der Waals surface area contributed by atoms with E-state index < -0.39 is 0 Å². The maximum absolute atomic E-state index is 5.48. The van der Waals surface area contributed by atoms with Crippen LogP contribution in [0.2, 0.25) is 0 Å². The third-order valence-electron chi connectivity index (χ3n) is 4.05. The van der Waals surface area contributed by atoms with Gasteiger partial charge >= 0.3 is 0 Å². The molecule has 2 aromatic rings. The molecule has 1 N–H and O–H groups in total. The number of methoxy groups -OCH3 is 1. The summed E-state index contributed by atoms with van der Waals surface area (Å²) in [5, 5.41) is 4.10. The number of nitrogens with zero attached hydrogens (tertiary/aromatic N) is 1. The lowest BCUT2D eigenvalue weighted by Crippen LogP contribution is -2.37. The van der Waals surface area contributed by atoms with Crippen LogP contribution in [0.1, 0.15) is 22.3 Å². The van der Waals surface area contributed by atoms with Gasteiger partial charge in [0.1, 0.15) is 5.75 Å². The van der Waals surface area contributed by atoms with Crippen LogP contribution in [-0.2, 0) is 13.0 Å².